The zero-order valence-corrected chi connectivity index (χ0v) is 12.1. The first-order chi connectivity index (χ1) is 8.58. The van der Waals surface area contributed by atoms with Crippen LogP contribution in [-0.4, -0.2) is 12.0 Å². The van der Waals surface area contributed by atoms with E-state index in [4.69, 9.17) is 5.73 Å². The third kappa shape index (κ3) is 2.82. The number of rotatable bonds is 3. The molecule has 1 heterocycles. The number of anilines is 2. The molecule has 2 aromatic rings. The number of nitrogen functional groups attached to an aromatic ring is 1. The average Bonchev–Trinajstić information content (AvgIpc) is 2.38. The Balaban J connectivity index is 2.23. The van der Waals surface area contributed by atoms with Crippen LogP contribution in [0.5, 0.6) is 0 Å². The van der Waals surface area contributed by atoms with Crippen LogP contribution in [0, 0.1) is 0 Å². The van der Waals surface area contributed by atoms with Crippen molar-refractivity contribution in [3.8, 4) is 0 Å². The van der Waals surface area contributed by atoms with Crippen LogP contribution < -0.4 is 10.6 Å². The number of hydrogen-bond donors (Lipinski definition) is 1. The Labute approximate surface area is 116 Å². The third-order valence-electron chi connectivity index (χ3n) is 3.05. The molecule has 0 saturated heterocycles. The highest BCUT2D eigenvalue weighted by Crippen LogP contribution is 2.25. The maximum atomic E-state index is 5.81. The maximum absolute atomic E-state index is 5.81. The molecule has 2 rings (SSSR count). The number of nitrogens with zero attached hydrogens (tertiary/aromatic N) is 2. The van der Waals surface area contributed by atoms with Crippen molar-refractivity contribution in [1.29, 1.82) is 0 Å². The summed E-state index contributed by atoms with van der Waals surface area (Å²) < 4.78 is 0.983. The van der Waals surface area contributed by atoms with Gasteiger partial charge < -0.3 is 10.6 Å². The minimum absolute atomic E-state index is 0.224. The Kier molecular flexibility index (Phi) is 3.87. The second-order valence-electron chi connectivity index (χ2n) is 4.29. The molecular weight excluding hydrogens is 290 g/mol. The zero-order valence-electron chi connectivity index (χ0n) is 10.5. The highest BCUT2D eigenvalue weighted by Gasteiger charge is 2.13. The van der Waals surface area contributed by atoms with Crippen LogP contribution >= 0.6 is 15.9 Å². The maximum Gasteiger partial charge on any atom is 0.128 e. The van der Waals surface area contributed by atoms with Crippen LogP contribution in [0.1, 0.15) is 18.5 Å². The van der Waals surface area contributed by atoms with Gasteiger partial charge in [0.25, 0.3) is 0 Å². The number of nitrogens with two attached hydrogens (primary N) is 1. The Bertz CT molecular complexity index is 525. The van der Waals surface area contributed by atoms with Crippen molar-refractivity contribution in [2.75, 3.05) is 17.7 Å². The van der Waals surface area contributed by atoms with Crippen LogP contribution in [0.15, 0.2) is 47.1 Å². The van der Waals surface area contributed by atoms with Gasteiger partial charge in [0.15, 0.2) is 0 Å². The Morgan fingerprint density at radius 1 is 1.28 bits per heavy atom. The Morgan fingerprint density at radius 2 is 2.06 bits per heavy atom. The van der Waals surface area contributed by atoms with E-state index in [0.717, 1.165) is 16.0 Å². The van der Waals surface area contributed by atoms with Gasteiger partial charge in [-0.05, 0) is 52.7 Å². The molecule has 0 aliphatic carbocycles. The fraction of sp³-hybridized carbons (Fsp3) is 0.214. The molecule has 1 unspecified atom stereocenters. The molecule has 0 amide bonds. The summed E-state index contributed by atoms with van der Waals surface area (Å²) in [7, 11) is 2.03. The van der Waals surface area contributed by atoms with E-state index < -0.39 is 0 Å². The molecule has 0 bridgehead atoms. The van der Waals surface area contributed by atoms with E-state index in [1.807, 2.05) is 37.4 Å². The van der Waals surface area contributed by atoms with Gasteiger partial charge in [-0.3, -0.25) is 0 Å². The van der Waals surface area contributed by atoms with E-state index in [-0.39, 0.29) is 6.04 Å². The van der Waals surface area contributed by atoms with Crippen molar-refractivity contribution in [1.82, 2.24) is 4.98 Å². The molecule has 18 heavy (non-hydrogen) atoms. The molecule has 0 saturated carbocycles. The lowest BCUT2D eigenvalue weighted by molar-refractivity contribution is 0.729. The quantitative estimate of drug-likeness (QED) is 0.881. The van der Waals surface area contributed by atoms with Gasteiger partial charge in [-0.2, -0.15) is 0 Å². The van der Waals surface area contributed by atoms with Gasteiger partial charge in [-0.25, -0.2) is 4.98 Å². The largest absolute Gasteiger partial charge is 0.399 e. The van der Waals surface area contributed by atoms with Gasteiger partial charge in [0.1, 0.15) is 5.82 Å². The predicted molar refractivity (Wildman–Crippen MR) is 79.6 cm³/mol. The van der Waals surface area contributed by atoms with Gasteiger partial charge in [-0.15, -0.1) is 0 Å². The molecule has 0 aliphatic rings. The molecule has 2 N–H and O–H groups in total. The second-order valence-corrected chi connectivity index (χ2v) is 5.21. The van der Waals surface area contributed by atoms with Gasteiger partial charge >= 0.3 is 0 Å². The fourth-order valence-electron chi connectivity index (χ4n) is 1.82. The van der Waals surface area contributed by atoms with Gasteiger partial charge in [0.2, 0.25) is 0 Å². The minimum atomic E-state index is 0.224. The molecule has 1 atom stereocenters. The number of hydrogen-bond acceptors (Lipinski definition) is 3. The van der Waals surface area contributed by atoms with E-state index in [0.29, 0.717) is 0 Å². The van der Waals surface area contributed by atoms with Crippen molar-refractivity contribution in [3.63, 3.8) is 0 Å². The predicted octanol–water partition coefficient (Wildman–Crippen LogP) is 3.62. The van der Waals surface area contributed by atoms with Crippen LogP contribution in [0.3, 0.4) is 0 Å². The van der Waals surface area contributed by atoms with Crippen LogP contribution in [0.4, 0.5) is 11.5 Å². The molecule has 94 valence electrons. The topological polar surface area (TPSA) is 42.1 Å². The van der Waals surface area contributed by atoms with Gasteiger partial charge in [-0.1, -0.05) is 12.1 Å². The summed E-state index contributed by atoms with van der Waals surface area (Å²) in [6, 6.07) is 12.2. The summed E-state index contributed by atoms with van der Waals surface area (Å²) in [6.45, 7) is 2.14. The lowest BCUT2D eigenvalue weighted by atomic mass is 10.1. The molecular formula is C14H16BrN3. The van der Waals surface area contributed by atoms with Crippen molar-refractivity contribution in [2.45, 2.75) is 13.0 Å². The zero-order chi connectivity index (χ0) is 13.1. The van der Waals surface area contributed by atoms with Crippen molar-refractivity contribution in [2.24, 2.45) is 0 Å². The van der Waals surface area contributed by atoms with Gasteiger partial charge in [0, 0.05) is 23.4 Å². The fourth-order valence-corrected chi connectivity index (χ4v) is 2.05. The Hall–Kier alpha value is -1.55. The van der Waals surface area contributed by atoms with E-state index in [2.05, 4.69) is 38.8 Å². The summed E-state index contributed by atoms with van der Waals surface area (Å²) >= 11 is 3.39. The summed E-state index contributed by atoms with van der Waals surface area (Å²) in [4.78, 5) is 6.52. The first-order valence-electron chi connectivity index (χ1n) is 5.78. The average molecular weight is 306 g/mol. The first-order valence-corrected chi connectivity index (χ1v) is 6.57. The smallest absolute Gasteiger partial charge is 0.128 e. The van der Waals surface area contributed by atoms with Crippen LogP contribution in [0.25, 0.3) is 0 Å². The number of benzene rings is 1. The second kappa shape index (κ2) is 5.40. The normalized spacial score (nSPS) is 12.2. The SMILES string of the molecule is CC(c1cccc(N)c1)N(C)c1ccc(Br)cn1. The van der Waals surface area contributed by atoms with E-state index in [9.17, 15) is 0 Å². The highest BCUT2D eigenvalue weighted by molar-refractivity contribution is 9.10. The molecule has 4 heteroatoms. The van der Waals surface area contributed by atoms with Crippen LogP contribution in [0.2, 0.25) is 0 Å². The van der Waals surface area contributed by atoms with E-state index in [1.54, 1.807) is 6.20 Å². The minimum Gasteiger partial charge on any atom is -0.399 e. The van der Waals surface area contributed by atoms with E-state index in [1.165, 1.54) is 5.56 Å². The summed E-state index contributed by atoms with van der Waals surface area (Å²) in [6.07, 6.45) is 1.80. The third-order valence-corrected chi connectivity index (χ3v) is 3.52. The standard InChI is InChI=1S/C14H16BrN3/c1-10(11-4-3-5-13(16)8-11)18(2)14-7-6-12(15)9-17-14/h3-10H,16H2,1-2H3. The molecule has 1 aromatic heterocycles. The van der Waals surface area contributed by atoms with Gasteiger partial charge in [0.05, 0.1) is 6.04 Å². The molecule has 1 aromatic carbocycles. The summed E-state index contributed by atoms with van der Waals surface area (Å²) in [5.41, 5.74) is 7.79. The van der Waals surface area contributed by atoms with Crippen molar-refractivity contribution >= 4 is 27.4 Å². The lowest BCUT2D eigenvalue weighted by Gasteiger charge is -2.26. The molecule has 0 fully saturated rings. The monoisotopic (exact) mass is 305 g/mol. The Morgan fingerprint density at radius 3 is 2.67 bits per heavy atom. The first kappa shape index (κ1) is 12.9. The number of aromatic nitrogens is 1. The summed E-state index contributed by atoms with van der Waals surface area (Å²) in [5.74, 6) is 0.938. The number of pyridine rings is 1. The summed E-state index contributed by atoms with van der Waals surface area (Å²) in [5, 5.41) is 0. The highest BCUT2D eigenvalue weighted by atomic mass is 79.9. The van der Waals surface area contributed by atoms with Crippen LogP contribution in [-0.2, 0) is 0 Å². The molecule has 0 aliphatic heterocycles. The molecule has 3 nitrogen and oxygen atoms in total. The lowest BCUT2D eigenvalue weighted by Crippen LogP contribution is -2.22. The van der Waals surface area contributed by atoms with E-state index >= 15 is 0 Å². The van der Waals surface area contributed by atoms with Crippen molar-refractivity contribution < 1.29 is 0 Å². The molecule has 0 radical (unpaired) electrons. The molecule has 0 spiro atoms. The van der Waals surface area contributed by atoms with Crippen molar-refractivity contribution in [3.05, 3.63) is 52.6 Å². The number of halogens is 1.